The fourth-order valence-electron chi connectivity index (χ4n) is 5.67. The van der Waals surface area contributed by atoms with E-state index in [4.69, 9.17) is 5.73 Å². The van der Waals surface area contributed by atoms with E-state index in [9.17, 15) is 31.2 Å². The van der Waals surface area contributed by atoms with E-state index >= 15 is 0 Å². The second-order valence-corrected chi connectivity index (χ2v) is 13.7. The van der Waals surface area contributed by atoms with Crippen LogP contribution in [0.1, 0.15) is 36.8 Å². The minimum absolute atomic E-state index is 0. The number of tetrazole rings is 1. The third-order valence-electron chi connectivity index (χ3n) is 8.37. The molecule has 1 aliphatic carbocycles. The first-order valence-electron chi connectivity index (χ1n) is 15.0. The van der Waals surface area contributed by atoms with Crippen LogP contribution in [0, 0.1) is 11.8 Å². The summed E-state index contributed by atoms with van der Waals surface area (Å²) in [5, 5.41) is 19.5. The summed E-state index contributed by atoms with van der Waals surface area (Å²) in [4.78, 5) is 26.4. The van der Waals surface area contributed by atoms with Crippen molar-refractivity contribution in [3.8, 4) is 22.5 Å². The number of carbonyl (C=O) groups excluding carboxylic acids is 2. The van der Waals surface area contributed by atoms with Gasteiger partial charge in [0.15, 0.2) is 9.84 Å². The number of carbonyl (C=O) groups is 2. The number of sulfone groups is 1. The summed E-state index contributed by atoms with van der Waals surface area (Å²) in [5.74, 6) is -0.228. The number of nitrogens with two attached hydrogens (primary N) is 1. The minimum Gasteiger partial charge on any atom is -0.344 e. The summed E-state index contributed by atoms with van der Waals surface area (Å²) in [6.45, 7) is 0.563. The molecule has 0 unspecified atom stereocenters. The highest BCUT2D eigenvalue weighted by Gasteiger charge is 2.35. The molecule has 5 rings (SSSR count). The van der Waals surface area contributed by atoms with Crippen LogP contribution in [0.25, 0.3) is 22.5 Å². The van der Waals surface area contributed by atoms with Crippen molar-refractivity contribution < 1.29 is 31.2 Å². The molecule has 2 amide bonds. The van der Waals surface area contributed by atoms with Gasteiger partial charge in [0.2, 0.25) is 17.6 Å². The second kappa shape index (κ2) is 15.3. The standard InChI is InChI=1S/C32H34F3N7O4S.ClH/c1-47(45,46)25-14-15-26(27(17-25)32(33,34)35)21-6-2-19(3-7-21)16-28(38-30(43)23-8-4-20(18-36)5-9-23)31(44)37-24-12-10-22(11-13-24)29-39-41-42-40-29;/h2-3,6-7,10-15,17,20,23,28H,4-5,8-9,16,18,36H2,1H3,(H,37,44)(H,38,43)(H,39,40,41,42);1H/t20?,23?,28-;/m0./s1. The van der Waals surface area contributed by atoms with Crippen LogP contribution in [0.3, 0.4) is 0 Å². The largest absolute Gasteiger partial charge is 0.417 e. The summed E-state index contributed by atoms with van der Waals surface area (Å²) >= 11 is 0. The molecule has 1 fully saturated rings. The highest BCUT2D eigenvalue weighted by atomic mass is 35.5. The number of benzene rings is 3. The van der Waals surface area contributed by atoms with Crippen LogP contribution in [-0.4, -0.2) is 59.7 Å². The lowest BCUT2D eigenvalue weighted by Crippen LogP contribution is -2.48. The van der Waals surface area contributed by atoms with Gasteiger partial charge in [-0.1, -0.05) is 30.3 Å². The number of nitrogens with zero attached hydrogens (tertiary/aromatic N) is 3. The Kier molecular flexibility index (Phi) is 11.6. The number of aromatic amines is 1. The van der Waals surface area contributed by atoms with E-state index in [1.165, 1.54) is 12.1 Å². The molecule has 0 saturated heterocycles. The van der Waals surface area contributed by atoms with Crippen LogP contribution in [-0.2, 0) is 32.0 Å². The second-order valence-electron chi connectivity index (χ2n) is 11.7. The van der Waals surface area contributed by atoms with E-state index in [-0.39, 0.29) is 41.8 Å². The van der Waals surface area contributed by atoms with Crippen molar-refractivity contribution in [3.05, 3.63) is 77.9 Å². The molecule has 1 atom stereocenters. The van der Waals surface area contributed by atoms with Gasteiger partial charge in [0, 0.05) is 29.8 Å². The zero-order valence-corrected chi connectivity index (χ0v) is 27.5. The van der Waals surface area contributed by atoms with Gasteiger partial charge < -0.3 is 16.4 Å². The number of hydrogen-bond donors (Lipinski definition) is 4. The first-order valence-corrected chi connectivity index (χ1v) is 16.9. The average molecular weight is 706 g/mol. The Morgan fingerprint density at radius 2 is 1.62 bits per heavy atom. The van der Waals surface area contributed by atoms with Gasteiger partial charge in [-0.2, -0.15) is 18.4 Å². The summed E-state index contributed by atoms with van der Waals surface area (Å²) in [7, 11) is -3.86. The molecule has 5 N–H and O–H groups in total. The van der Waals surface area contributed by atoms with Crippen LogP contribution in [0.4, 0.5) is 18.9 Å². The topological polar surface area (TPSA) is 173 Å². The van der Waals surface area contributed by atoms with Crippen LogP contribution < -0.4 is 16.4 Å². The SMILES string of the molecule is CS(=O)(=O)c1ccc(-c2ccc(C[C@H](NC(=O)C3CCC(CN)CC3)C(=O)Nc3ccc(-c4nn[nH]n4)cc3)cc2)c(C(F)(F)F)c1.Cl. The highest BCUT2D eigenvalue weighted by Crippen LogP contribution is 2.38. The molecule has 0 radical (unpaired) electrons. The third kappa shape index (κ3) is 8.96. The number of alkyl halides is 3. The van der Waals surface area contributed by atoms with Gasteiger partial charge in [-0.25, -0.2) is 8.42 Å². The number of aromatic nitrogens is 4. The molecule has 3 aromatic carbocycles. The molecular weight excluding hydrogens is 671 g/mol. The number of H-pyrrole nitrogens is 1. The fraction of sp³-hybridized carbons (Fsp3) is 0.344. The molecule has 1 heterocycles. The molecule has 0 aliphatic heterocycles. The van der Waals surface area contributed by atoms with Crippen molar-refractivity contribution in [2.75, 3.05) is 18.1 Å². The molecule has 0 bridgehead atoms. The maximum Gasteiger partial charge on any atom is 0.417 e. The Morgan fingerprint density at radius 1 is 0.979 bits per heavy atom. The molecule has 16 heteroatoms. The fourth-order valence-corrected chi connectivity index (χ4v) is 6.32. The third-order valence-corrected chi connectivity index (χ3v) is 9.48. The molecule has 1 aromatic heterocycles. The van der Waals surface area contributed by atoms with E-state index < -0.39 is 38.4 Å². The number of rotatable bonds is 10. The number of nitrogens with one attached hydrogen (secondary N) is 3. The molecular formula is C32H35ClF3N7O4S. The predicted octanol–water partition coefficient (Wildman–Crippen LogP) is 4.81. The Labute approximate surface area is 281 Å². The zero-order chi connectivity index (χ0) is 33.8. The smallest absolute Gasteiger partial charge is 0.344 e. The van der Waals surface area contributed by atoms with Crippen LogP contribution in [0.2, 0.25) is 0 Å². The Morgan fingerprint density at radius 3 is 2.19 bits per heavy atom. The lowest BCUT2D eigenvalue weighted by atomic mass is 9.81. The number of hydrogen-bond acceptors (Lipinski definition) is 8. The predicted molar refractivity (Wildman–Crippen MR) is 176 cm³/mol. The first kappa shape index (κ1) is 36.5. The highest BCUT2D eigenvalue weighted by molar-refractivity contribution is 7.90. The normalized spacial score (nSPS) is 17.2. The summed E-state index contributed by atoms with van der Waals surface area (Å²) in [5.41, 5.74) is 6.49. The van der Waals surface area contributed by atoms with Crippen LogP contribution in [0.15, 0.2) is 71.6 Å². The lowest BCUT2D eigenvalue weighted by molar-refractivity contribution is -0.137. The van der Waals surface area contributed by atoms with E-state index in [1.807, 2.05) is 0 Å². The van der Waals surface area contributed by atoms with Crippen molar-refractivity contribution in [1.82, 2.24) is 25.9 Å². The molecule has 48 heavy (non-hydrogen) atoms. The van der Waals surface area contributed by atoms with Crippen LogP contribution >= 0.6 is 12.4 Å². The van der Waals surface area contributed by atoms with Gasteiger partial charge in [-0.3, -0.25) is 9.59 Å². The van der Waals surface area contributed by atoms with Gasteiger partial charge in [0.1, 0.15) is 6.04 Å². The quantitative estimate of drug-likeness (QED) is 0.182. The molecule has 256 valence electrons. The van der Waals surface area contributed by atoms with Gasteiger partial charge in [-0.15, -0.1) is 22.6 Å². The summed E-state index contributed by atoms with van der Waals surface area (Å²) in [6.07, 6.45) is -0.915. The molecule has 11 nitrogen and oxygen atoms in total. The van der Waals surface area contributed by atoms with Crippen molar-refractivity contribution in [2.45, 2.75) is 49.2 Å². The minimum atomic E-state index is -4.80. The first-order chi connectivity index (χ1) is 22.3. The molecule has 4 aromatic rings. The summed E-state index contributed by atoms with van der Waals surface area (Å²) in [6, 6.07) is 14.8. The Bertz CT molecular complexity index is 1810. The van der Waals surface area contributed by atoms with Crippen LogP contribution in [0.5, 0.6) is 0 Å². The van der Waals surface area contributed by atoms with Crippen molar-refractivity contribution >= 4 is 39.7 Å². The van der Waals surface area contributed by atoms with Gasteiger partial charge in [-0.05, 0) is 96.4 Å². The molecule has 1 aliphatic rings. The number of amides is 2. The average Bonchev–Trinajstić information content (AvgIpc) is 3.59. The van der Waals surface area contributed by atoms with E-state index in [0.29, 0.717) is 54.0 Å². The molecule has 1 saturated carbocycles. The van der Waals surface area contributed by atoms with E-state index in [0.717, 1.165) is 31.2 Å². The molecule has 0 spiro atoms. The van der Waals surface area contributed by atoms with Gasteiger partial charge >= 0.3 is 6.18 Å². The lowest BCUT2D eigenvalue weighted by Gasteiger charge is -2.28. The monoisotopic (exact) mass is 705 g/mol. The Balaban J connectivity index is 0.00000520. The Hall–Kier alpha value is -4.34. The van der Waals surface area contributed by atoms with E-state index in [2.05, 4.69) is 31.3 Å². The van der Waals surface area contributed by atoms with Crippen molar-refractivity contribution in [2.24, 2.45) is 17.6 Å². The zero-order valence-electron chi connectivity index (χ0n) is 25.8. The van der Waals surface area contributed by atoms with E-state index in [1.54, 1.807) is 36.4 Å². The van der Waals surface area contributed by atoms with Crippen molar-refractivity contribution in [1.29, 1.82) is 0 Å². The number of anilines is 1. The van der Waals surface area contributed by atoms with Gasteiger partial charge in [0.25, 0.3) is 0 Å². The van der Waals surface area contributed by atoms with Crippen molar-refractivity contribution in [3.63, 3.8) is 0 Å². The maximum absolute atomic E-state index is 13.9. The van der Waals surface area contributed by atoms with Gasteiger partial charge in [0.05, 0.1) is 10.5 Å². The summed E-state index contributed by atoms with van der Waals surface area (Å²) < 4.78 is 65.6. The number of halogens is 4. The maximum atomic E-state index is 13.9.